The maximum absolute atomic E-state index is 2.57. The van der Waals surface area contributed by atoms with Crippen molar-refractivity contribution in [1.82, 2.24) is 0 Å². The second-order valence-electron chi connectivity index (χ2n) is 12.9. The number of allylic oxidation sites excluding steroid dienone is 4. The lowest BCUT2D eigenvalue weighted by atomic mass is 9.95. The molecule has 2 aliphatic rings. The molecule has 0 heterocycles. The minimum absolute atomic E-state index is 1.00. The van der Waals surface area contributed by atoms with Crippen molar-refractivity contribution in [3.63, 3.8) is 0 Å². The molecule has 0 atom stereocenters. The van der Waals surface area contributed by atoms with Crippen molar-refractivity contribution in [2.75, 3.05) is 0 Å². The van der Waals surface area contributed by atoms with Crippen LogP contribution >= 0.6 is 0 Å². The lowest BCUT2D eigenvalue weighted by Gasteiger charge is -2.29. The van der Waals surface area contributed by atoms with Crippen LogP contribution in [0.3, 0.4) is 0 Å². The predicted molar refractivity (Wildman–Crippen MR) is 190 cm³/mol. The van der Waals surface area contributed by atoms with E-state index in [4.69, 9.17) is 0 Å². The average molecular weight is 569 g/mol. The average Bonchev–Trinajstić information content (AvgIpc) is 3.56. The van der Waals surface area contributed by atoms with Gasteiger partial charge in [0.25, 0.3) is 0 Å². The Hall–Kier alpha value is -4.46. The van der Waals surface area contributed by atoms with Crippen molar-refractivity contribution in [1.29, 1.82) is 0 Å². The maximum atomic E-state index is 2.57. The van der Waals surface area contributed by atoms with Gasteiger partial charge in [0.15, 0.2) is 0 Å². The van der Waals surface area contributed by atoms with E-state index in [1.165, 1.54) is 77.2 Å². The van der Waals surface area contributed by atoms with Crippen molar-refractivity contribution in [2.24, 2.45) is 0 Å². The monoisotopic (exact) mass is 568 g/mol. The Morgan fingerprint density at radius 1 is 0.442 bits per heavy atom. The third-order valence-electron chi connectivity index (χ3n) is 10.3. The van der Waals surface area contributed by atoms with Crippen molar-refractivity contribution >= 4 is 62.3 Å². The Kier molecular flexibility index (Phi) is 5.96. The smallest absolute Gasteiger partial charge is 0.0620 e. The molecule has 0 radical (unpaired) electrons. The molecule has 208 valence electrons. The summed E-state index contributed by atoms with van der Waals surface area (Å²) < 4.78 is 0. The van der Waals surface area contributed by atoms with E-state index in [1.807, 2.05) is 0 Å². The fraction of sp³-hybridized carbons (Fsp3) is 0.143. The van der Waals surface area contributed by atoms with Gasteiger partial charge in [-0.25, -0.2) is 0 Å². The molecule has 0 amide bonds. The van der Waals surface area contributed by atoms with E-state index < -0.39 is 8.07 Å². The molecule has 0 fully saturated rings. The topological polar surface area (TPSA) is 0 Å². The summed E-state index contributed by atoms with van der Waals surface area (Å²) in [5.41, 5.74) is 14.6. The molecular weight excluding hydrogens is 533 g/mol. The minimum atomic E-state index is -2.09. The van der Waals surface area contributed by atoms with Crippen LogP contribution in [0.15, 0.2) is 121 Å². The molecule has 6 aromatic rings. The number of fused-ring (bicyclic) bond motifs is 4. The molecule has 0 bridgehead atoms. The number of rotatable bonds is 4. The molecule has 8 rings (SSSR count). The van der Waals surface area contributed by atoms with Gasteiger partial charge in [-0.2, -0.15) is 0 Å². The summed E-state index contributed by atoms with van der Waals surface area (Å²) in [6.07, 6.45) is 2.01. The van der Waals surface area contributed by atoms with Crippen LogP contribution in [0, 0.1) is 0 Å². The van der Waals surface area contributed by atoms with E-state index in [2.05, 4.69) is 148 Å². The molecule has 0 spiro atoms. The fourth-order valence-corrected chi connectivity index (χ4v) is 11.3. The molecule has 0 aliphatic heterocycles. The minimum Gasteiger partial charge on any atom is -0.0620 e. The van der Waals surface area contributed by atoms with Crippen molar-refractivity contribution < 1.29 is 0 Å². The first-order chi connectivity index (χ1) is 20.9. The third-order valence-corrected chi connectivity index (χ3v) is 13.8. The third kappa shape index (κ3) is 3.95. The van der Waals surface area contributed by atoms with Gasteiger partial charge in [-0.05, 0) is 114 Å². The lowest BCUT2D eigenvalue weighted by Crippen LogP contribution is -2.55. The summed E-state index contributed by atoms with van der Waals surface area (Å²) in [4.78, 5) is 0. The molecule has 0 N–H and O–H groups in total. The quantitative estimate of drug-likeness (QED) is 0.186. The lowest BCUT2D eigenvalue weighted by molar-refractivity contribution is 1.32. The summed E-state index contributed by atoms with van der Waals surface area (Å²) >= 11 is 0. The highest BCUT2D eigenvalue weighted by Crippen LogP contribution is 2.42. The van der Waals surface area contributed by atoms with E-state index in [0.29, 0.717) is 0 Å². The Bertz CT molecular complexity index is 2010. The highest BCUT2D eigenvalue weighted by Gasteiger charge is 2.36. The second kappa shape index (κ2) is 9.79. The number of hydrogen-bond acceptors (Lipinski definition) is 0. The Morgan fingerprint density at radius 2 is 0.837 bits per heavy atom. The van der Waals surface area contributed by atoms with Crippen LogP contribution in [0.2, 0.25) is 13.1 Å². The van der Waals surface area contributed by atoms with Gasteiger partial charge in [-0.15, -0.1) is 0 Å². The summed E-state index contributed by atoms with van der Waals surface area (Å²) in [5.74, 6) is 0. The van der Waals surface area contributed by atoms with Crippen LogP contribution in [-0.4, -0.2) is 8.07 Å². The van der Waals surface area contributed by atoms with Gasteiger partial charge in [-0.3, -0.25) is 0 Å². The normalized spacial score (nSPS) is 14.6. The number of benzene rings is 6. The Labute approximate surface area is 256 Å². The van der Waals surface area contributed by atoms with Gasteiger partial charge in [0.05, 0.1) is 0 Å². The van der Waals surface area contributed by atoms with Crippen molar-refractivity contribution in [2.45, 2.75) is 39.8 Å². The summed E-state index contributed by atoms with van der Waals surface area (Å²) in [7, 11) is -2.09. The summed E-state index contributed by atoms with van der Waals surface area (Å²) in [6.45, 7) is 9.89. The first kappa shape index (κ1) is 26.2. The zero-order valence-electron chi connectivity index (χ0n) is 25.5. The van der Waals surface area contributed by atoms with Crippen LogP contribution in [-0.2, 0) is 12.8 Å². The first-order valence-electron chi connectivity index (χ1n) is 15.5. The molecule has 0 nitrogen and oxygen atoms in total. The molecular formula is C42H36Si. The summed E-state index contributed by atoms with van der Waals surface area (Å²) in [5, 5.41) is 8.47. The Balaban J connectivity index is 1.28. The largest absolute Gasteiger partial charge is 0.113 e. The van der Waals surface area contributed by atoms with Crippen LogP contribution in [0.1, 0.15) is 47.2 Å². The van der Waals surface area contributed by atoms with Gasteiger partial charge in [0.2, 0.25) is 0 Å². The molecule has 1 heteroatoms. The molecule has 2 aliphatic carbocycles. The molecule has 0 saturated heterocycles. The number of hydrogen-bond donors (Lipinski definition) is 0. The SMILES string of the molecule is CC1=C(c2cccc3ccccc23)Cc2cccc([Si](C)(C)c3cccc4c3C(C)=C(c3cccc5ccccc35)C4)c21. The van der Waals surface area contributed by atoms with Crippen LogP contribution in [0.25, 0.3) is 43.8 Å². The zero-order chi connectivity index (χ0) is 29.3. The molecule has 6 aromatic carbocycles. The first-order valence-corrected chi connectivity index (χ1v) is 18.5. The second-order valence-corrected chi connectivity index (χ2v) is 17.2. The van der Waals surface area contributed by atoms with E-state index in [0.717, 1.165) is 12.8 Å². The Morgan fingerprint density at radius 3 is 1.30 bits per heavy atom. The van der Waals surface area contributed by atoms with E-state index >= 15 is 0 Å². The van der Waals surface area contributed by atoms with Crippen molar-refractivity contribution in [3.05, 3.63) is 155 Å². The maximum Gasteiger partial charge on any atom is 0.113 e. The molecule has 43 heavy (non-hydrogen) atoms. The van der Waals surface area contributed by atoms with Gasteiger partial charge in [-0.1, -0.05) is 134 Å². The highest BCUT2D eigenvalue weighted by molar-refractivity contribution is 7.01. The van der Waals surface area contributed by atoms with E-state index in [9.17, 15) is 0 Å². The molecule has 0 unspecified atom stereocenters. The van der Waals surface area contributed by atoms with Gasteiger partial charge >= 0.3 is 0 Å². The summed E-state index contributed by atoms with van der Waals surface area (Å²) in [6, 6.07) is 45.4. The van der Waals surface area contributed by atoms with Crippen molar-refractivity contribution in [3.8, 4) is 0 Å². The van der Waals surface area contributed by atoms with Crippen LogP contribution < -0.4 is 10.4 Å². The standard InChI is InChI=1S/C42H36Si/c1-27-37(35-21-9-15-29-13-5-7-19-33(29)35)25-31-17-11-23-39(41(27)31)43(3,4)40-24-12-18-32-26-38(28(2)42(32)40)36-22-10-16-30-14-6-8-20-34(30)36/h5-24H,25-26H2,1-4H3. The molecule has 0 saturated carbocycles. The van der Waals surface area contributed by atoms with Gasteiger partial charge in [0, 0.05) is 0 Å². The van der Waals surface area contributed by atoms with Crippen LogP contribution in [0.5, 0.6) is 0 Å². The van der Waals surface area contributed by atoms with E-state index in [-0.39, 0.29) is 0 Å². The van der Waals surface area contributed by atoms with Gasteiger partial charge < -0.3 is 0 Å². The molecule has 0 aromatic heterocycles. The predicted octanol–water partition coefficient (Wildman–Crippen LogP) is 9.79. The van der Waals surface area contributed by atoms with E-state index in [1.54, 1.807) is 10.4 Å². The fourth-order valence-electron chi connectivity index (χ4n) is 8.09. The van der Waals surface area contributed by atoms with Crippen LogP contribution in [0.4, 0.5) is 0 Å². The highest BCUT2D eigenvalue weighted by atomic mass is 28.3. The zero-order valence-corrected chi connectivity index (χ0v) is 26.5. The van der Waals surface area contributed by atoms with Gasteiger partial charge in [0.1, 0.15) is 8.07 Å².